The fourth-order valence-electron chi connectivity index (χ4n) is 3.47. The van der Waals surface area contributed by atoms with Gasteiger partial charge in [-0.1, -0.05) is 65.1 Å². The Bertz CT molecular complexity index is 1340. The normalized spacial score (nSPS) is 12.0. The molecule has 3 aromatic rings. The highest BCUT2D eigenvalue weighted by Crippen LogP contribution is 2.31. The van der Waals surface area contributed by atoms with Gasteiger partial charge in [0.15, 0.2) is 0 Å². The molecule has 1 atom stereocenters. The van der Waals surface area contributed by atoms with Gasteiger partial charge in [0.1, 0.15) is 12.6 Å². The molecular weight excluding hydrogens is 545 g/mol. The molecule has 2 amide bonds. The molecule has 0 fully saturated rings. The Balaban J connectivity index is 2.04. The quantitative estimate of drug-likeness (QED) is 0.393. The summed E-state index contributed by atoms with van der Waals surface area (Å²) < 4.78 is 28.2. The molecule has 0 spiro atoms. The van der Waals surface area contributed by atoms with Crippen molar-refractivity contribution in [1.82, 2.24) is 10.2 Å². The number of halogens is 3. The average molecular weight is 569 g/mol. The van der Waals surface area contributed by atoms with E-state index in [1.165, 1.54) is 42.3 Å². The summed E-state index contributed by atoms with van der Waals surface area (Å²) in [7, 11) is -2.71. The van der Waals surface area contributed by atoms with Crippen LogP contribution in [-0.2, 0) is 26.2 Å². The Morgan fingerprint density at radius 3 is 2.14 bits per heavy atom. The minimum atomic E-state index is -4.18. The minimum Gasteiger partial charge on any atom is -0.357 e. The maximum absolute atomic E-state index is 13.6. The largest absolute Gasteiger partial charge is 0.357 e. The summed E-state index contributed by atoms with van der Waals surface area (Å²) in [6.45, 7) is 1.05. The van der Waals surface area contributed by atoms with Crippen LogP contribution in [0.25, 0.3) is 0 Å². The summed E-state index contributed by atoms with van der Waals surface area (Å²) in [6, 6.07) is 18.0. The van der Waals surface area contributed by atoms with Crippen LogP contribution in [0.5, 0.6) is 0 Å². The third kappa shape index (κ3) is 6.50. The molecule has 3 rings (SSSR count). The van der Waals surface area contributed by atoms with E-state index in [0.29, 0.717) is 5.02 Å². The van der Waals surface area contributed by atoms with Crippen LogP contribution in [0.15, 0.2) is 77.7 Å². The van der Waals surface area contributed by atoms with E-state index >= 15 is 0 Å². The first-order valence-corrected chi connectivity index (χ1v) is 13.4. The summed E-state index contributed by atoms with van der Waals surface area (Å²) in [5.74, 6) is -0.990. The number of nitrogens with one attached hydrogen (secondary N) is 1. The number of hydrogen-bond donors (Lipinski definition) is 1. The van der Waals surface area contributed by atoms with Crippen LogP contribution in [0, 0.1) is 0 Å². The van der Waals surface area contributed by atoms with E-state index < -0.39 is 34.4 Å². The molecule has 0 radical (unpaired) electrons. The number of anilines is 1. The Kier molecular flexibility index (Phi) is 9.24. The second kappa shape index (κ2) is 12.0. The molecule has 7 nitrogen and oxygen atoms in total. The molecule has 0 aliphatic carbocycles. The molecule has 0 bridgehead atoms. The number of sulfonamides is 1. The predicted octanol–water partition coefficient (Wildman–Crippen LogP) is 5.01. The summed E-state index contributed by atoms with van der Waals surface area (Å²) >= 11 is 18.2. The monoisotopic (exact) mass is 567 g/mol. The van der Waals surface area contributed by atoms with Crippen LogP contribution < -0.4 is 9.62 Å². The number of carbonyl (C=O) groups is 2. The first-order chi connectivity index (χ1) is 17.0. The van der Waals surface area contributed by atoms with Crippen molar-refractivity contribution in [2.75, 3.05) is 17.9 Å². The van der Waals surface area contributed by atoms with Crippen LogP contribution in [0.1, 0.15) is 12.5 Å². The van der Waals surface area contributed by atoms with Crippen molar-refractivity contribution in [3.8, 4) is 0 Å². The van der Waals surface area contributed by atoms with Crippen molar-refractivity contribution in [2.45, 2.75) is 24.4 Å². The van der Waals surface area contributed by atoms with E-state index in [-0.39, 0.29) is 27.2 Å². The van der Waals surface area contributed by atoms with E-state index in [1.807, 2.05) is 0 Å². The zero-order valence-corrected chi connectivity index (χ0v) is 22.6. The first kappa shape index (κ1) is 27.8. The van der Waals surface area contributed by atoms with Gasteiger partial charge in [-0.25, -0.2) is 8.42 Å². The van der Waals surface area contributed by atoms with Crippen molar-refractivity contribution in [3.63, 3.8) is 0 Å². The molecule has 36 heavy (non-hydrogen) atoms. The van der Waals surface area contributed by atoms with Crippen LogP contribution in [0.2, 0.25) is 15.1 Å². The molecule has 0 saturated heterocycles. The van der Waals surface area contributed by atoms with Crippen LogP contribution in [0.3, 0.4) is 0 Å². The highest BCUT2D eigenvalue weighted by Gasteiger charge is 2.32. The molecule has 11 heteroatoms. The third-order valence-corrected chi connectivity index (χ3v) is 8.26. The number of carbonyl (C=O) groups excluding carboxylic acids is 2. The van der Waals surface area contributed by atoms with Crippen molar-refractivity contribution >= 4 is 62.3 Å². The van der Waals surface area contributed by atoms with E-state index in [1.54, 1.807) is 49.4 Å². The highest BCUT2D eigenvalue weighted by molar-refractivity contribution is 7.92. The molecule has 0 unspecified atom stereocenters. The molecule has 1 N–H and O–H groups in total. The van der Waals surface area contributed by atoms with Gasteiger partial charge >= 0.3 is 0 Å². The minimum absolute atomic E-state index is 0.00697. The molecule has 0 heterocycles. The lowest BCUT2D eigenvalue weighted by atomic mass is 10.1. The van der Waals surface area contributed by atoms with Gasteiger partial charge in [0.25, 0.3) is 10.0 Å². The number of amides is 2. The fraction of sp³-hybridized carbons (Fsp3) is 0.200. The second-order valence-corrected chi connectivity index (χ2v) is 11.0. The summed E-state index contributed by atoms with van der Waals surface area (Å²) in [5.41, 5.74) is 0.871. The lowest BCUT2D eigenvalue weighted by Crippen LogP contribution is -2.50. The Labute approximate surface area is 225 Å². The topological polar surface area (TPSA) is 86.8 Å². The molecule has 190 valence electrons. The lowest BCUT2D eigenvalue weighted by Gasteiger charge is -2.31. The lowest BCUT2D eigenvalue weighted by molar-refractivity contribution is -0.139. The van der Waals surface area contributed by atoms with E-state index in [0.717, 1.165) is 9.87 Å². The predicted molar refractivity (Wildman–Crippen MR) is 143 cm³/mol. The molecule has 0 aromatic heterocycles. The summed E-state index contributed by atoms with van der Waals surface area (Å²) in [4.78, 5) is 27.4. The van der Waals surface area contributed by atoms with Gasteiger partial charge < -0.3 is 10.2 Å². The second-order valence-electron chi connectivity index (χ2n) is 7.86. The first-order valence-electron chi connectivity index (χ1n) is 10.8. The zero-order chi connectivity index (χ0) is 26.5. The van der Waals surface area contributed by atoms with Crippen LogP contribution >= 0.6 is 34.8 Å². The van der Waals surface area contributed by atoms with E-state index in [4.69, 9.17) is 34.8 Å². The molecule has 0 aliphatic heterocycles. The molecule has 0 aliphatic rings. The number of nitrogens with zero attached hydrogens (tertiary/aromatic N) is 2. The molecule has 3 aromatic carbocycles. The summed E-state index contributed by atoms with van der Waals surface area (Å²) in [5, 5.41) is 3.42. The van der Waals surface area contributed by atoms with Gasteiger partial charge in [-0.3, -0.25) is 13.9 Å². The fourth-order valence-corrected chi connectivity index (χ4v) is 5.31. The third-order valence-electron chi connectivity index (χ3n) is 5.48. The van der Waals surface area contributed by atoms with Crippen molar-refractivity contribution in [2.24, 2.45) is 0 Å². The molecular formula is C25H24Cl3N3O4S. The van der Waals surface area contributed by atoms with Gasteiger partial charge in [0, 0.05) is 18.6 Å². The Hall–Kier alpha value is -2.78. The van der Waals surface area contributed by atoms with E-state index in [2.05, 4.69) is 5.32 Å². The van der Waals surface area contributed by atoms with Gasteiger partial charge in [0.05, 0.1) is 20.6 Å². The van der Waals surface area contributed by atoms with Gasteiger partial charge in [0.2, 0.25) is 11.8 Å². The van der Waals surface area contributed by atoms with Gasteiger partial charge in [-0.2, -0.15) is 0 Å². The maximum atomic E-state index is 13.6. The molecule has 0 saturated carbocycles. The van der Waals surface area contributed by atoms with Gasteiger partial charge in [-0.05, 0) is 55.0 Å². The number of rotatable bonds is 9. The highest BCUT2D eigenvalue weighted by atomic mass is 35.5. The van der Waals surface area contributed by atoms with Crippen LogP contribution in [0.4, 0.5) is 5.69 Å². The van der Waals surface area contributed by atoms with E-state index in [9.17, 15) is 18.0 Å². The smallest absolute Gasteiger partial charge is 0.264 e. The van der Waals surface area contributed by atoms with Crippen LogP contribution in [-0.4, -0.2) is 44.8 Å². The SMILES string of the molecule is CNC(=O)[C@H](C)N(Cc1ccc(Cl)cc1)C(=O)CN(c1ccc(Cl)c(Cl)c1)S(=O)(=O)c1ccccc1. The Morgan fingerprint density at radius 2 is 1.56 bits per heavy atom. The number of benzene rings is 3. The van der Waals surface area contributed by atoms with Crippen molar-refractivity contribution in [1.29, 1.82) is 0 Å². The zero-order valence-electron chi connectivity index (χ0n) is 19.5. The van der Waals surface area contributed by atoms with Gasteiger partial charge in [-0.15, -0.1) is 0 Å². The Morgan fingerprint density at radius 1 is 0.917 bits per heavy atom. The number of likely N-dealkylation sites (N-methyl/N-ethyl adjacent to an activating group) is 1. The van der Waals surface area contributed by atoms with Crippen molar-refractivity contribution < 1.29 is 18.0 Å². The number of hydrogen-bond acceptors (Lipinski definition) is 4. The maximum Gasteiger partial charge on any atom is 0.264 e. The average Bonchev–Trinajstić information content (AvgIpc) is 2.88. The standard InChI is InChI=1S/C25H24Cl3N3O4S/c1-17(25(33)29-2)30(15-18-8-10-19(26)11-9-18)24(32)16-31(20-12-13-22(27)23(28)14-20)36(34,35)21-6-4-3-5-7-21/h3-14,17H,15-16H2,1-2H3,(H,29,33)/t17-/m0/s1. The summed E-state index contributed by atoms with van der Waals surface area (Å²) in [6.07, 6.45) is 0. The van der Waals surface area contributed by atoms with Crippen molar-refractivity contribution in [3.05, 3.63) is 93.4 Å².